The molecule has 0 radical (unpaired) electrons. The third-order valence-corrected chi connectivity index (χ3v) is 0. The van der Waals surface area contributed by atoms with Gasteiger partial charge in [0.15, 0.2) is 3.42 Å². The van der Waals surface area contributed by atoms with Crippen LogP contribution in [0.4, 0.5) is 0 Å². The van der Waals surface area contributed by atoms with Crippen molar-refractivity contribution in [3.8, 4) is 0 Å². The molecule has 0 aromatic heterocycles. The van der Waals surface area contributed by atoms with Crippen molar-refractivity contribution in [1.82, 2.24) is 0 Å². The average Bonchev–Trinajstić information content (AvgIpc) is 0.722. The molecule has 5 heteroatoms. The maximum Gasteiger partial charge on any atom is 0.166 e. The summed E-state index contributed by atoms with van der Waals surface area (Å²) in [4.78, 5) is 0. The Balaban J connectivity index is 0. The van der Waals surface area contributed by atoms with Crippen LogP contribution in [0.2, 0.25) is 0 Å². The second-order valence-corrected chi connectivity index (χ2v) is 7.03. The fourth-order valence-electron chi connectivity index (χ4n) is 0. The van der Waals surface area contributed by atoms with Crippen LogP contribution in [0.3, 0.4) is 0 Å². The number of rotatable bonds is 0. The molecule has 34 valence electrons. The first-order valence-electron chi connectivity index (χ1n) is 1.07. The zero-order chi connectivity index (χ0) is 4.50. The van der Waals surface area contributed by atoms with E-state index in [4.69, 9.17) is 34.8 Å². The van der Waals surface area contributed by atoms with Crippen molar-refractivity contribution in [3.05, 3.63) is 0 Å². The monoisotopic (exact) mass is 350 g/mol. The Morgan fingerprint density at radius 3 is 1.17 bits per heavy atom. The van der Waals surface area contributed by atoms with Gasteiger partial charge in [-0.2, -0.15) is 0 Å². The molecule has 0 bridgehead atoms. The molecule has 0 nitrogen and oxygen atoms in total. The summed E-state index contributed by atoms with van der Waals surface area (Å²) in [6, 6.07) is 0. The summed E-state index contributed by atoms with van der Waals surface area (Å²) in [7, 11) is 0.604. The summed E-state index contributed by atoms with van der Waals surface area (Å²) >= 11 is 15.4. The van der Waals surface area contributed by atoms with Crippen LogP contribution in [0, 0.1) is 0 Å². The molecular weight excluding hydrogens is 347 g/mol. The number of alkyl halides is 3. The molecule has 0 heterocycles. The van der Waals surface area contributed by atoms with Crippen LogP contribution in [-0.4, -0.2) is 13.7 Å². The predicted octanol–water partition coefficient (Wildman–Crippen LogP) is 0.677. The molecule has 0 atom stereocenters. The molecule has 0 aliphatic rings. The second kappa shape index (κ2) is 3.96. The number of halogens is 3. The largest absolute Gasteiger partial charge is 0.166 e. The van der Waals surface area contributed by atoms with E-state index in [1.165, 1.54) is 0 Å². The van der Waals surface area contributed by atoms with Crippen molar-refractivity contribution in [2.45, 2.75) is 3.42 Å². The van der Waals surface area contributed by atoms with E-state index in [-0.39, 0.29) is 27.7 Å². The molecule has 0 spiro atoms. The van der Waals surface area contributed by atoms with Gasteiger partial charge in [-0.3, -0.25) is 0 Å². The van der Waals surface area contributed by atoms with Crippen molar-refractivity contribution in [1.29, 1.82) is 0 Å². The minimum absolute atomic E-state index is 0. The first kappa shape index (κ1) is 10.9. The van der Waals surface area contributed by atoms with Gasteiger partial charge in [0.05, 0.1) is 10.2 Å². The van der Waals surface area contributed by atoms with E-state index >= 15 is 0 Å². The van der Waals surface area contributed by atoms with Crippen LogP contribution < -0.4 is 0 Å². The summed E-state index contributed by atoms with van der Waals surface area (Å²) in [5.74, 6) is 0. The van der Waals surface area contributed by atoms with E-state index in [9.17, 15) is 0 Å². The maximum absolute atomic E-state index is 5.12. The zero-order valence-electron chi connectivity index (χ0n) is 3.34. The Bertz CT molecular complexity index is 26.3. The van der Waals surface area contributed by atoms with Gasteiger partial charge in [0, 0.05) is 27.7 Å². The SMILES string of the molecule is [Hg].[SiH3]C(Cl)(Cl)Cl. The molecule has 0 fully saturated rings. The summed E-state index contributed by atoms with van der Waals surface area (Å²) in [5.41, 5.74) is 0. The molecule has 0 amide bonds. The molecular formula is CH3Cl3HgSi. The van der Waals surface area contributed by atoms with Crippen LogP contribution in [-0.2, 0) is 27.7 Å². The fraction of sp³-hybridized carbons (Fsp3) is 1.00. The molecule has 6 heavy (non-hydrogen) atoms. The maximum atomic E-state index is 5.12. The Morgan fingerprint density at radius 2 is 1.17 bits per heavy atom. The van der Waals surface area contributed by atoms with Gasteiger partial charge in [0.2, 0.25) is 0 Å². The van der Waals surface area contributed by atoms with Crippen molar-refractivity contribution in [2.75, 3.05) is 0 Å². The third kappa shape index (κ3) is 37.1. The van der Waals surface area contributed by atoms with Crippen LogP contribution in [0.1, 0.15) is 0 Å². The number of hydrogen-bond donors (Lipinski definition) is 0. The summed E-state index contributed by atoms with van der Waals surface area (Å²) in [6.45, 7) is 0. The van der Waals surface area contributed by atoms with E-state index in [2.05, 4.69) is 0 Å². The van der Waals surface area contributed by atoms with Crippen LogP contribution in [0.15, 0.2) is 0 Å². The van der Waals surface area contributed by atoms with E-state index in [1.54, 1.807) is 0 Å². The zero-order valence-corrected chi connectivity index (χ0v) is 13.1. The van der Waals surface area contributed by atoms with Crippen molar-refractivity contribution < 1.29 is 27.7 Å². The average molecular weight is 350 g/mol. The van der Waals surface area contributed by atoms with Gasteiger partial charge in [0.25, 0.3) is 0 Å². The van der Waals surface area contributed by atoms with Crippen LogP contribution >= 0.6 is 34.8 Å². The second-order valence-electron chi connectivity index (χ2n) is 0.781. The normalized spacial score (nSPS) is 10.5. The molecule has 0 aliphatic carbocycles. The van der Waals surface area contributed by atoms with E-state index in [0.717, 1.165) is 0 Å². The van der Waals surface area contributed by atoms with Gasteiger partial charge >= 0.3 is 0 Å². The Hall–Kier alpha value is 2.02. The Morgan fingerprint density at radius 1 is 1.17 bits per heavy atom. The van der Waals surface area contributed by atoms with Crippen molar-refractivity contribution in [3.63, 3.8) is 0 Å². The molecule has 0 aliphatic heterocycles. The smallest absolute Gasteiger partial charge is 0.0894 e. The fourth-order valence-corrected chi connectivity index (χ4v) is 0. The van der Waals surface area contributed by atoms with Gasteiger partial charge < -0.3 is 0 Å². The molecule has 0 N–H and O–H groups in total. The first-order valence-corrected chi connectivity index (χ1v) is 3.20. The molecule has 0 unspecified atom stereocenters. The quantitative estimate of drug-likeness (QED) is 0.445. The summed E-state index contributed by atoms with van der Waals surface area (Å²) < 4.78 is -0.944. The van der Waals surface area contributed by atoms with Crippen molar-refractivity contribution >= 4 is 45.0 Å². The van der Waals surface area contributed by atoms with Crippen LogP contribution in [0.5, 0.6) is 0 Å². The van der Waals surface area contributed by atoms with Crippen LogP contribution in [0.25, 0.3) is 0 Å². The van der Waals surface area contributed by atoms with Gasteiger partial charge in [-0.15, -0.1) is 0 Å². The standard InChI is InChI=1S/CH3Cl3Si.Hg/c2-1(3,4)5;/h5H3;. The van der Waals surface area contributed by atoms with E-state index in [0.29, 0.717) is 10.2 Å². The molecule has 0 aromatic carbocycles. The van der Waals surface area contributed by atoms with Gasteiger partial charge in [-0.25, -0.2) is 0 Å². The van der Waals surface area contributed by atoms with E-state index in [1.807, 2.05) is 0 Å². The minimum atomic E-state index is -0.944. The van der Waals surface area contributed by atoms with Gasteiger partial charge in [-0.1, -0.05) is 34.8 Å². The minimum Gasteiger partial charge on any atom is -0.0894 e. The Labute approximate surface area is 75.5 Å². The molecule has 0 rings (SSSR count). The Kier molecular flexibility index (Phi) is 7.19. The summed E-state index contributed by atoms with van der Waals surface area (Å²) in [5, 5.41) is 0. The third-order valence-electron chi connectivity index (χ3n) is 0. The molecule has 0 saturated heterocycles. The molecule has 0 aromatic rings. The molecule has 0 saturated carbocycles. The summed E-state index contributed by atoms with van der Waals surface area (Å²) in [6.07, 6.45) is 0. The predicted molar refractivity (Wildman–Crippen MR) is 30.2 cm³/mol. The van der Waals surface area contributed by atoms with E-state index < -0.39 is 3.42 Å². The van der Waals surface area contributed by atoms with Crippen molar-refractivity contribution in [2.24, 2.45) is 0 Å². The topological polar surface area (TPSA) is 0 Å². The van der Waals surface area contributed by atoms with Gasteiger partial charge in [0.1, 0.15) is 0 Å². The number of hydrogen-bond acceptors (Lipinski definition) is 0. The first-order chi connectivity index (χ1) is 2.00. The van der Waals surface area contributed by atoms with Gasteiger partial charge in [-0.05, 0) is 0 Å².